The predicted molar refractivity (Wildman–Crippen MR) is 86.7 cm³/mol. The molecule has 1 amide bonds. The van der Waals surface area contributed by atoms with E-state index in [4.69, 9.17) is 10.5 Å². The van der Waals surface area contributed by atoms with Gasteiger partial charge in [0.1, 0.15) is 5.75 Å². The van der Waals surface area contributed by atoms with E-state index in [1.165, 1.54) is 38.5 Å². The number of ether oxygens (including phenoxy) is 1. The molecule has 1 aliphatic rings. The number of carbonyl (C=O) groups is 1. The van der Waals surface area contributed by atoms with E-state index in [9.17, 15) is 4.79 Å². The lowest BCUT2D eigenvalue weighted by Gasteiger charge is -2.29. The van der Waals surface area contributed by atoms with Gasteiger partial charge in [-0.15, -0.1) is 0 Å². The first-order valence-electron chi connectivity index (χ1n) is 8.05. The summed E-state index contributed by atoms with van der Waals surface area (Å²) in [7, 11) is 0. The molecule has 2 N–H and O–H groups in total. The van der Waals surface area contributed by atoms with Crippen molar-refractivity contribution in [3.63, 3.8) is 0 Å². The molecule has 0 radical (unpaired) electrons. The summed E-state index contributed by atoms with van der Waals surface area (Å²) in [4.78, 5) is 13.9. The van der Waals surface area contributed by atoms with Gasteiger partial charge >= 0.3 is 0 Å². The fraction of sp³-hybridized carbons (Fsp3) is 0.588. The van der Waals surface area contributed by atoms with Crippen LogP contribution in [0.25, 0.3) is 0 Å². The van der Waals surface area contributed by atoms with Gasteiger partial charge in [-0.2, -0.15) is 0 Å². The van der Waals surface area contributed by atoms with Crippen LogP contribution in [0.1, 0.15) is 51.9 Å². The summed E-state index contributed by atoms with van der Waals surface area (Å²) in [6.45, 7) is 3.12. The lowest BCUT2D eigenvalue weighted by molar-refractivity contribution is -0.121. The molecule has 0 saturated heterocycles. The van der Waals surface area contributed by atoms with Gasteiger partial charge in [-0.25, -0.2) is 0 Å². The molecule has 0 spiro atoms. The van der Waals surface area contributed by atoms with E-state index in [0.717, 1.165) is 24.4 Å². The number of anilines is 2. The number of nitrogen functional groups attached to an aromatic ring is 1. The molecular weight excluding hydrogens is 264 g/mol. The van der Waals surface area contributed by atoms with Crippen molar-refractivity contribution in [3.8, 4) is 5.75 Å². The molecule has 21 heavy (non-hydrogen) atoms. The molecule has 0 unspecified atom stereocenters. The third kappa shape index (κ3) is 4.38. The van der Waals surface area contributed by atoms with Gasteiger partial charge in [0.05, 0.1) is 5.69 Å². The molecule has 1 aromatic rings. The molecule has 4 heteroatoms. The van der Waals surface area contributed by atoms with Crippen LogP contribution in [0.3, 0.4) is 0 Å². The van der Waals surface area contributed by atoms with Crippen molar-refractivity contribution >= 4 is 17.3 Å². The molecule has 4 nitrogen and oxygen atoms in total. The number of hydrogen-bond donors (Lipinski definition) is 1. The normalized spacial score (nSPS) is 14.0. The first-order chi connectivity index (χ1) is 10.2. The maximum absolute atomic E-state index is 12.0. The third-order valence-electron chi connectivity index (χ3n) is 3.91. The van der Waals surface area contributed by atoms with Crippen LogP contribution in [0.4, 0.5) is 11.4 Å². The summed E-state index contributed by atoms with van der Waals surface area (Å²) >= 11 is 0. The molecule has 1 aromatic carbocycles. The van der Waals surface area contributed by atoms with Gasteiger partial charge in [-0.1, -0.05) is 45.4 Å². The monoisotopic (exact) mass is 290 g/mol. The smallest absolute Gasteiger partial charge is 0.265 e. The second kappa shape index (κ2) is 7.91. The Balaban J connectivity index is 1.81. The summed E-state index contributed by atoms with van der Waals surface area (Å²) in [5, 5.41) is 0. The highest BCUT2D eigenvalue weighted by Gasteiger charge is 2.24. The summed E-state index contributed by atoms with van der Waals surface area (Å²) in [5.74, 6) is 0.760. The number of carbonyl (C=O) groups excluding carboxylic acids is 1. The van der Waals surface area contributed by atoms with Crippen molar-refractivity contribution in [2.45, 2.75) is 51.9 Å². The first kappa shape index (κ1) is 15.7. The van der Waals surface area contributed by atoms with Crippen LogP contribution in [-0.2, 0) is 4.79 Å². The third-order valence-corrected chi connectivity index (χ3v) is 3.91. The zero-order valence-electron chi connectivity index (χ0n) is 12.9. The lowest BCUT2D eigenvalue weighted by Crippen LogP contribution is -2.39. The molecule has 116 valence electrons. The maximum atomic E-state index is 12.0. The molecule has 0 aromatic heterocycles. The minimum Gasteiger partial charge on any atom is -0.481 e. The second-order valence-electron chi connectivity index (χ2n) is 5.68. The summed E-state index contributed by atoms with van der Waals surface area (Å²) in [5.41, 5.74) is 7.28. The van der Waals surface area contributed by atoms with E-state index in [0.29, 0.717) is 5.69 Å². The SMILES string of the molecule is CCCCCCCCCN1C(=O)COc2cc(N)ccc21. The molecule has 1 aliphatic heterocycles. The highest BCUT2D eigenvalue weighted by molar-refractivity contribution is 5.98. The van der Waals surface area contributed by atoms with E-state index in [1.54, 1.807) is 6.07 Å². The summed E-state index contributed by atoms with van der Waals surface area (Å²) in [6, 6.07) is 5.49. The highest BCUT2D eigenvalue weighted by atomic mass is 16.5. The average Bonchev–Trinajstić information content (AvgIpc) is 2.48. The minimum absolute atomic E-state index is 0.0401. The van der Waals surface area contributed by atoms with Crippen molar-refractivity contribution in [3.05, 3.63) is 18.2 Å². The van der Waals surface area contributed by atoms with Gasteiger partial charge < -0.3 is 15.4 Å². The van der Waals surface area contributed by atoms with Gasteiger partial charge in [0.25, 0.3) is 5.91 Å². The lowest BCUT2D eigenvalue weighted by atomic mass is 10.1. The van der Waals surface area contributed by atoms with Gasteiger partial charge in [0.2, 0.25) is 0 Å². The number of unbranched alkanes of at least 4 members (excludes halogenated alkanes) is 6. The fourth-order valence-corrected chi connectivity index (χ4v) is 2.69. The Bertz CT molecular complexity index is 474. The van der Waals surface area contributed by atoms with Gasteiger partial charge in [-0.05, 0) is 18.6 Å². The topological polar surface area (TPSA) is 55.6 Å². The predicted octanol–water partition coefficient (Wildman–Crippen LogP) is 3.74. The summed E-state index contributed by atoms with van der Waals surface area (Å²) < 4.78 is 5.45. The van der Waals surface area contributed by atoms with Crippen LogP contribution in [0.5, 0.6) is 5.75 Å². The Morgan fingerprint density at radius 3 is 2.62 bits per heavy atom. The number of hydrogen-bond acceptors (Lipinski definition) is 3. The van der Waals surface area contributed by atoms with Crippen LogP contribution in [0, 0.1) is 0 Å². The fourth-order valence-electron chi connectivity index (χ4n) is 2.69. The number of nitrogens with two attached hydrogens (primary N) is 1. The molecule has 0 atom stereocenters. The van der Waals surface area contributed by atoms with E-state index in [2.05, 4.69) is 6.92 Å². The Morgan fingerprint density at radius 2 is 1.86 bits per heavy atom. The number of amides is 1. The van der Waals surface area contributed by atoms with E-state index < -0.39 is 0 Å². The van der Waals surface area contributed by atoms with E-state index in [-0.39, 0.29) is 12.5 Å². The highest BCUT2D eigenvalue weighted by Crippen LogP contribution is 2.33. The van der Waals surface area contributed by atoms with Crippen LogP contribution in [-0.4, -0.2) is 19.1 Å². The first-order valence-corrected chi connectivity index (χ1v) is 8.05. The van der Waals surface area contributed by atoms with Crippen molar-refractivity contribution < 1.29 is 9.53 Å². The molecule has 0 aliphatic carbocycles. The average molecular weight is 290 g/mol. The second-order valence-corrected chi connectivity index (χ2v) is 5.68. The molecule has 2 rings (SSSR count). The minimum atomic E-state index is 0.0401. The quantitative estimate of drug-likeness (QED) is 0.586. The zero-order chi connectivity index (χ0) is 15.1. The van der Waals surface area contributed by atoms with E-state index >= 15 is 0 Å². The van der Waals surface area contributed by atoms with Crippen LogP contribution < -0.4 is 15.4 Å². The standard InChI is InChI=1S/C17H26N2O2/c1-2-3-4-5-6-7-8-11-19-15-10-9-14(18)12-16(15)21-13-17(19)20/h9-10,12H,2-8,11,13,18H2,1H3. The number of benzene rings is 1. The molecular formula is C17H26N2O2. The van der Waals surface area contributed by atoms with Crippen LogP contribution >= 0.6 is 0 Å². The Kier molecular flexibility index (Phi) is 5.90. The molecule has 1 heterocycles. The number of fused-ring (bicyclic) bond motifs is 1. The maximum Gasteiger partial charge on any atom is 0.265 e. The number of rotatable bonds is 8. The van der Waals surface area contributed by atoms with Crippen molar-refractivity contribution in [1.29, 1.82) is 0 Å². The van der Waals surface area contributed by atoms with Gasteiger partial charge in [0.15, 0.2) is 6.61 Å². The van der Waals surface area contributed by atoms with Crippen LogP contribution in [0.2, 0.25) is 0 Å². The molecule has 0 fully saturated rings. The van der Waals surface area contributed by atoms with Crippen molar-refractivity contribution in [2.24, 2.45) is 0 Å². The van der Waals surface area contributed by atoms with Crippen molar-refractivity contribution in [2.75, 3.05) is 23.8 Å². The van der Waals surface area contributed by atoms with Gasteiger partial charge in [0, 0.05) is 18.3 Å². The number of nitrogens with zero attached hydrogens (tertiary/aromatic N) is 1. The largest absolute Gasteiger partial charge is 0.481 e. The van der Waals surface area contributed by atoms with E-state index in [1.807, 2.05) is 17.0 Å². The summed E-state index contributed by atoms with van der Waals surface area (Å²) in [6.07, 6.45) is 8.72. The zero-order valence-corrected chi connectivity index (χ0v) is 12.9. The van der Waals surface area contributed by atoms with Crippen molar-refractivity contribution in [1.82, 2.24) is 0 Å². The van der Waals surface area contributed by atoms with Gasteiger partial charge in [-0.3, -0.25) is 4.79 Å². The molecule has 0 saturated carbocycles. The Labute approximate surface area is 127 Å². The molecule has 0 bridgehead atoms. The Hall–Kier alpha value is -1.71. The van der Waals surface area contributed by atoms with Crippen LogP contribution in [0.15, 0.2) is 18.2 Å². The Morgan fingerprint density at radius 1 is 1.14 bits per heavy atom.